The van der Waals surface area contributed by atoms with E-state index in [4.69, 9.17) is 23.2 Å². The summed E-state index contributed by atoms with van der Waals surface area (Å²) in [4.78, 5) is 0. The highest BCUT2D eigenvalue weighted by molar-refractivity contribution is 6.35. The molecule has 5 heteroatoms. The first kappa shape index (κ1) is 14.0. The quantitative estimate of drug-likeness (QED) is 0.781. The van der Waals surface area contributed by atoms with Crippen LogP contribution >= 0.6 is 23.2 Å². The van der Waals surface area contributed by atoms with E-state index in [2.05, 4.69) is 5.32 Å². The molecule has 0 saturated heterocycles. The molecule has 0 aromatic heterocycles. The van der Waals surface area contributed by atoms with Crippen molar-refractivity contribution in [3.05, 3.63) is 57.8 Å². The number of phenols is 1. The average molecular weight is 300 g/mol. The van der Waals surface area contributed by atoms with Gasteiger partial charge in [-0.1, -0.05) is 41.4 Å². The first-order valence-corrected chi connectivity index (χ1v) is 6.43. The topological polar surface area (TPSA) is 32.3 Å². The Morgan fingerprint density at radius 2 is 1.74 bits per heavy atom. The van der Waals surface area contributed by atoms with Crippen LogP contribution in [0.4, 0.5) is 10.1 Å². The molecule has 1 atom stereocenters. The lowest BCUT2D eigenvalue weighted by Crippen LogP contribution is -2.07. The summed E-state index contributed by atoms with van der Waals surface area (Å²) in [5.41, 5.74) is 1.33. The van der Waals surface area contributed by atoms with Crippen LogP contribution in [0.5, 0.6) is 5.75 Å². The van der Waals surface area contributed by atoms with Crippen molar-refractivity contribution in [1.82, 2.24) is 0 Å². The Balaban J connectivity index is 2.24. The molecule has 0 fully saturated rings. The van der Waals surface area contributed by atoms with Gasteiger partial charge < -0.3 is 10.4 Å². The standard InChI is InChI=1S/C14H12Cl2FNO/c1-8(10-4-2-3-5-13(10)19)18-9-6-11(15)14(17)12(16)7-9/h2-8,18-19H,1H3. The SMILES string of the molecule is CC(Nc1cc(Cl)c(F)c(Cl)c1)c1ccccc1O. The van der Waals surface area contributed by atoms with Crippen molar-refractivity contribution < 1.29 is 9.50 Å². The maximum atomic E-state index is 13.3. The molecule has 0 aliphatic rings. The number of phenolic OH excluding ortho intramolecular Hbond substituents is 1. The minimum absolute atomic E-state index is 0.0421. The summed E-state index contributed by atoms with van der Waals surface area (Å²) in [6.07, 6.45) is 0. The number of rotatable bonds is 3. The van der Waals surface area contributed by atoms with E-state index in [-0.39, 0.29) is 21.8 Å². The third-order valence-electron chi connectivity index (χ3n) is 2.77. The molecule has 100 valence electrons. The smallest absolute Gasteiger partial charge is 0.160 e. The molecule has 2 N–H and O–H groups in total. The van der Waals surface area contributed by atoms with E-state index in [1.165, 1.54) is 12.1 Å². The number of benzene rings is 2. The largest absolute Gasteiger partial charge is 0.508 e. The second-order valence-electron chi connectivity index (χ2n) is 4.18. The molecule has 1 unspecified atom stereocenters. The van der Waals surface area contributed by atoms with Crippen LogP contribution in [0.25, 0.3) is 0 Å². The third-order valence-corrected chi connectivity index (χ3v) is 3.32. The van der Waals surface area contributed by atoms with Crippen LogP contribution in [0.1, 0.15) is 18.5 Å². The Morgan fingerprint density at radius 3 is 2.32 bits per heavy atom. The van der Waals surface area contributed by atoms with Gasteiger partial charge in [-0.05, 0) is 25.1 Å². The summed E-state index contributed by atoms with van der Waals surface area (Å²) < 4.78 is 13.3. The number of halogens is 3. The van der Waals surface area contributed by atoms with E-state index >= 15 is 0 Å². The minimum atomic E-state index is -0.635. The van der Waals surface area contributed by atoms with Crippen molar-refractivity contribution in [3.8, 4) is 5.75 Å². The van der Waals surface area contributed by atoms with Crippen molar-refractivity contribution in [2.45, 2.75) is 13.0 Å². The van der Waals surface area contributed by atoms with E-state index in [1.54, 1.807) is 18.2 Å². The Hall–Kier alpha value is -1.45. The van der Waals surface area contributed by atoms with Crippen molar-refractivity contribution in [2.75, 3.05) is 5.32 Å². The molecule has 0 aliphatic heterocycles. The molecular weight excluding hydrogens is 288 g/mol. The average Bonchev–Trinajstić information content (AvgIpc) is 2.36. The summed E-state index contributed by atoms with van der Waals surface area (Å²) in [5, 5.41) is 12.8. The fourth-order valence-electron chi connectivity index (χ4n) is 1.82. The van der Waals surface area contributed by atoms with Crippen LogP contribution in [0.2, 0.25) is 10.0 Å². The van der Waals surface area contributed by atoms with E-state index in [1.807, 2.05) is 13.0 Å². The van der Waals surface area contributed by atoms with Crippen LogP contribution < -0.4 is 5.32 Å². The van der Waals surface area contributed by atoms with Gasteiger partial charge in [0.2, 0.25) is 0 Å². The van der Waals surface area contributed by atoms with E-state index in [0.717, 1.165) is 5.56 Å². The second kappa shape index (κ2) is 5.68. The van der Waals surface area contributed by atoms with Crippen molar-refractivity contribution >= 4 is 28.9 Å². The molecule has 0 radical (unpaired) electrons. The summed E-state index contributed by atoms with van der Waals surface area (Å²) in [6, 6.07) is 9.74. The molecule has 2 aromatic carbocycles. The van der Waals surface area contributed by atoms with E-state index < -0.39 is 5.82 Å². The van der Waals surface area contributed by atoms with E-state index in [0.29, 0.717) is 5.69 Å². The summed E-state index contributed by atoms with van der Waals surface area (Å²) in [6.45, 7) is 1.88. The molecular formula is C14H12Cl2FNO. The molecule has 0 saturated carbocycles. The molecule has 2 nitrogen and oxygen atoms in total. The molecule has 0 bridgehead atoms. The van der Waals surface area contributed by atoms with Gasteiger partial charge in [-0.3, -0.25) is 0 Å². The number of anilines is 1. The lowest BCUT2D eigenvalue weighted by molar-refractivity contribution is 0.465. The van der Waals surface area contributed by atoms with Crippen LogP contribution in [-0.2, 0) is 0 Å². The number of para-hydroxylation sites is 1. The lowest BCUT2D eigenvalue weighted by Gasteiger charge is -2.17. The van der Waals surface area contributed by atoms with Crippen molar-refractivity contribution in [3.63, 3.8) is 0 Å². The van der Waals surface area contributed by atoms with Gasteiger partial charge in [0.05, 0.1) is 16.1 Å². The summed E-state index contributed by atoms with van der Waals surface area (Å²) in [7, 11) is 0. The number of hydrogen-bond acceptors (Lipinski definition) is 2. The Kier molecular flexibility index (Phi) is 4.17. The molecule has 2 rings (SSSR count). The highest BCUT2D eigenvalue weighted by Crippen LogP contribution is 2.31. The van der Waals surface area contributed by atoms with Gasteiger partial charge in [0.15, 0.2) is 5.82 Å². The zero-order valence-corrected chi connectivity index (χ0v) is 11.6. The first-order valence-electron chi connectivity index (χ1n) is 5.68. The fourth-order valence-corrected chi connectivity index (χ4v) is 2.31. The third kappa shape index (κ3) is 3.11. The predicted octanol–water partition coefficient (Wildman–Crippen LogP) is 5.01. The summed E-state index contributed by atoms with van der Waals surface area (Å²) in [5.74, 6) is -0.439. The molecule has 0 aliphatic carbocycles. The molecule has 19 heavy (non-hydrogen) atoms. The van der Waals surface area contributed by atoms with Gasteiger partial charge in [0.25, 0.3) is 0 Å². The zero-order valence-electron chi connectivity index (χ0n) is 10.1. The van der Waals surface area contributed by atoms with Gasteiger partial charge in [0, 0.05) is 11.3 Å². The molecule has 2 aromatic rings. The lowest BCUT2D eigenvalue weighted by atomic mass is 10.1. The minimum Gasteiger partial charge on any atom is -0.508 e. The Morgan fingerprint density at radius 1 is 1.16 bits per heavy atom. The summed E-state index contributed by atoms with van der Waals surface area (Å²) >= 11 is 11.5. The highest BCUT2D eigenvalue weighted by atomic mass is 35.5. The second-order valence-corrected chi connectivity index (χ2v) is 4.99. The maximum Gasteiger partial charge on any atom is 0.160 e. The zero-order chi connectivity index (χ0) is 14.0. The molecule has 0 amide bonds. The van der Waals surface area contributed by atoms with Crippen LogP contribution in [0.15, 0.2) is 36.4 Å². The van der Waals surface area contributed by atoms with Gasteiger partial charge >= 0.3 is 0 Å². The number of aromatic hydroxyl groups is 1. The predicted molar refractivity (Wildman–Crippen MR) is 76.6 cm³/mol. The molecule has 0 heterocycles. The van der Waals surface area contributed by atoms with Crippen molar-refractivity contribution in [1.29, 1.82) is 0 Å². The van der Waals surface area contributed by atoms with Crippen LogP contribution in [0, 0.1) is 5.82 Å². The highest BCUT2D eigenvalue weighted by Gasteiger charge is 2.12. The van der Waals surface area contributed by atoms with Gasteiger partial charge in [-0.25, -0.2) is 4.39 Å². The van der Waals surface area contributed by atoms with Gasteiger partial charge in [0.1, 0.15) is 5.75 Å². The monoisotopic (exact) mass is 299 g/mol. The number of nitrogens with one attached hydrogen (secondary N) is 1. The van der Waals surface area contributed by atoms with Crippen LogP contribution in [0.3, 0.4) is 0 Å². The van der Waals surface area contributed by atoms with Gasteiger partial charge in [-0.2, -0.15) is 0 Å². The molecule has 0 spiro atoms. The first-order chi connectivity index (χ1) is 8.99. The van der Waals surface area contributed by atoms with Crippen LogP contribution in [-0.4, -0.2) is 5.11 Å². The van der Waals surface area contributed by atoms with Crippen molar-refractivity contribution in [2.24, 2.45) is 0 Å². The fraction of sp³-hybridized carbons (Fsp3) is 0.143. The normalized spacial score (nSPS) is 12.2. The van der Waals surface area contributed by atoms with Gasteiger partial charge in [-0.15, -0.1) is 0 Å². The maximum absolute atomic E-state index is 13.3. The Labute approximate surface area is 120 Å². The number of hydrogen-bond donors (Lipinski definition) is 2. The van der Waals surface area contributed by atoms with E-state index in [9.17, 15) is 9.50 Å². The Bertz CT molecular complexity index is 581.